The van der Waals surface area contributed by atoms with E-state index in [9.17, 15) is 9.59 Å². The number of hydrogen-bond acceptors (Lipinski definition) is 2. The summed E-state index contributed by atoms with van der Waals surface area (Å²) in [4.78, 5) is 26.2. The van der Waals surface area contributed by atoms with Crippen molar-refractivity contribution in [1.82, 2.24) is 21.3 Å². The van der Waals surface area contributed by atoms with Crippen molar-refractivity contribution in [3.8, 4) is 0 Å². The van der Waals surface area contributed by atoms with E-state index in [0.717, 1.165) is 36.8 Å². The monoisotopic (exact) mass is 508 g/mol. The molecule has 0 heterocycles. The molecule has 37 heavy (non-hydrogen) atoms. The van der Waals surface area contributed by atoms with Crippen LogP contribution in [0.25, 0.3) is 0 Å². The third-order valence-corrected chi connectivity index (χ3v) is 6.65. The van der Waals surface area contributed by atoms with Gasteiger partial charge in [-0.2, -0.15) is 0 Å². The quantitative estimate of drug-likeness (QED) is 0.127. The highest BCUT2D eigenvalue weighted by molar-refractivity contribution is 5.80. The lowest BCUT2D eigenvalue weighted by atomic mass is 9.91. The molecule has 0 saturated carbocycles. The van der Waals surface area contributed by atoms with Crippen molar-refractivity contribution in [2.75, 3.05) is 13.1 Å². The smallest absolute Gasteiger partial charge is 0.317 e. The zero-order chi connectivity index (χ0) is 26.6. The van der Waals surface area contributed by atoms with E-state index in [1.165, 1.54) is 51.4 Å². The van der Waals surface area contributed by atoms with E-state index in [1.54, 1.807) is 0 Å². The summed E-state index contributed by atoms with van der Waals surface area (Å²) >= 11 is 0. The molecule has 0 aliphatic carbocycles. The van der Waals surface area contributed by atoms with Crippen LogP contribution in [0.5, 0.6) is 0 Å². The van der Waals surface area contributed by atoms with Crippen LogP contribution in [0, 0.1) is 0 Å². The van der Waals surface area contributed by atoms with Gasteiger partial charge in [-0.05, 0) is 12.8 Å². The summed E-state index contributed by atoms with van der Waals surface area (Å²) in [5.74, 6) is 0. The second-order valence-corrected chi connectivity index (χ2v) is 9.78. The van der Waals surface area contributed by atoms with E-state index in [-0.39, 0.29) is 12.1 Å². The van der Waals surface area contributed by atoms with E-state index in [2.05, 4.69) is 35.1 Å². The molecule has 4 amide bonds. The summed E-state index contributed by atoms with van der Waals surface area (Å²) in [6.45, 7) is 5.62. The number of carbonyl (C=O) groups is 2. The molecule has 2 aromatic rings. The molecular formula is C31H48N4O2. The average Bonchev–Trinajstić information content (AvgIpc) is 2.92. The number of urea groups is 2. The first-order valence-electron chi connectivity index (χ1n) is 14.4. The van der Waals surface area contributed by atoms with Gasteiger partial charge >= 0.3 is 12.1 Å². The fraction of sp³-hybridized carbons (Fsp3) is 0.548. The molecule has 0 aromatic heterocycles. The topological polar surface area (TPSA) is 82.3 Å². The number of unbranched alkanes of at least 4 members (excludes halogenated alkanes) is 10. The van der Waals surface area contributed by atoms with Crippen LogP contribution >= 0.6 is 0 Å². The number of carbonyl (C=O) groups excluding carboxylic acids is 2. The second-order valence-electron chi connectivity index (χ2n) is 9.78. The fourth-order valence-electron chi connectivity index (χ4n) is 4.51. The van der Waals surface area contributed by atoms with Crippen molar-refractivity contribution in [2.45, 2.75) is 96.6 Å². The number of benzene rings is 2. The maximum atomic E-state index is 13.1. The number of nitrogens with one attached hydrogen (secondary N) is 4. The van der Waals surface area contributed by atoms with Gasteiger partial charge in [0, 0.05) is 24.2 Å². The van der Waals surface area contributed by atoms with Gasteiger partial charge in [-0.25, -0.2) is 9.59 Å². The summed E-state index contributed by atoms with van der Waals surface area (Å²) in [6.07, 6.45) is 13.9. The van der Waals surface area contributed by atoms with Gasteiger partial charge in [0.15, 0.2) is 5.66 Å². The molecule has 0 atom stereocenters. The number of amides is 4. The van der Waals surface area contributed by atoms with Crippen LogP contribution in [0.4, 0.5) is 9.59 Å². The Kier molecular flexibility index (Phi) is 14.9. The van der Waals surface area contributed by atoms with Crippen LogP contribution < -0.4 is 21.3 Å². The van der Waals surface area contributed by atoms with Crippen LogP contribution in [-0.4, -0.2) is 25.2 Å². The van der Waals surface area contributed by atoms with Crippen molar-refractivity contribution in [3.05, 3.63) is 71.8 Å². The molecule has 0 aliphatic rings. The van der Waals surface area contributed by atoms with Gasteiger partial charge < -0.3 is 21.3 Å². The van der Waals surface area contributed by atoms with E-state index in [1.807, 2.05) is 60.7 Å². The minimum Gasteiger partial charge on any atom is -0.338 e. The Balaban J connectivity index is 2.08. The first-order valence-corrected chi connectivity index (χ1v) is 14.4. The van der Waals surface area contributed by atoms with Gasteiger partial charge in [-0.1, -0.05) is 139 Å². The van der Waals surface area contributed by atoms with E-state index in [0.29, 0.717) is 13.1 Å². The highest BCUT2D eigenvalue weighted by atomic mass is 16.2. The molecule has 0 unspecified atom stereocenters. The molecule has 0 bridgehead atoms. The van der Waals surface area contributed by atoms with Crippen molar-refractivity contribution in [3.63, 3.8) is 0 Å². The van der Waals surface area contributed by atoms with Crippen LogP contribution in [0.1, 0.15) is 102 Å². The molecule has 0 spiro atoms. The Bertz CT molecular complexity index is 800. The summed E-state index contributed by atoms with van der Waals surface area (Å²) in [7, 11) is 0. The molecule has 2 aromatic carbocycles. The first kappa shape index (κ1) is 30.2. The molecule has 6 nitrogen and oxygen atoms in total. The van der Waals surface area contributed by atoms with E-state index < -0.39 is 5.66 Å². The molecule has 2 rings (SSSR count). The van der Waals surface area contributed by atoms with E-state index >= 15 is 0 Å². The average molecular weight is 509 g/mol. The Morgan fingerprint density at radius 3 is 1.27 bits per heavy atom. The van der Waals surface area contributed by atoms with Crippen LogP contribution in [0.15, 0.2) is 60.7 Å². The normalized spacial score (nSPS) is 11.1. The van der Waals surface area contributed by atoms with E-state index in [4.69, 9.17) is 0 Å². The van der Waals surface area contributed by atoms with Gasteiger partial charge in [0.05, 0.1) is 0 Å². The standard InChI is InChI=1S/C31H48N4O2/c1-3-5-7-9-11-19-25-32-29(36)34-31(27-21-15-13-16-22-27,28-23-17-14-18-24-28)35-30(37)33-26-20-12-10-8-6-4-2/h13-18,21-24H,3-12,19-20,25-26H2,1-2H3,(H2,32,34,36)(H2,33,35,37). The van der Waals surface area contributed by atoms with Gasteiger partial charge in [0.25, 0.3) is 0 Å². The third kappa shape index (κ3) is 11.3. The number of hydrogen-bond donors (Lipinski definition) is 4. The van der Waals surface area contributed by atoms with Crippen molar-refractivity contribution >= 4 is 12.1 Å². The zero-order valence-electron chi connectivity index (χ0n) is 23.0. The largest absolute Gasteiger partial charge is 0.338 e. The molecule has 0 fully saturated rings. The minimum absolute atomic E-state index is 0.308. The molecule has 0 radical (unpaired) electrons. The van der Waals surface area contributed by atoms with Crippen LogP contribution in [0.2, 0.25) is 0 Å². The molecule has 0 aliphatic heterocycles. The molecule has 4 N–H and O–H groups in total. The lowest BCUT2D eigenvalue weighted by Crippen LogP contribution is -2.62. The van der Waals surface area contributed by atoms with Crippen molar-refractivity contribution in [2.24, 2.45) is 0 Å². The van der Waals surface area contributed by atoms with Gasteiger partial charge in [-0.3, -0.25) is 0 Å². The predicted molar refractivity (Wildman–Crippen MR) is 153 cm³/mol. The SMILES string of the molecule is CCCCCCCCNC(=O)NC(NC(=O)NCCCCCCCC)(c1ccccc1)c1ccccc1. The van der Waals surface area contributed by atoms with Crippen molar-refractivity contribution < 1.29 is 9.59 Å². The summed E-state index contributed by atoms with van der Waals surface area (Å²) < 4.78 is 0. The van der Waals surface area contributed by atoms with Crippen LogP contribution in [-0.2, 0) is 5.66 Å². The third-order valence-electron chi connectivity index (χ3n) is 6.65. The lowest BCUT2D eigenvalue weighted by molar-refractivity contribution is 0.212. The number of rotatable bonds is 18. The lowest BCUT2D eigenvalue weighted by Gasteiger charge is -2.36. The molecule has 204 valence electrons. The Morgan fingerprint density at radius 2 is 0.892 bits per heavy atom. The second kappa shape index (κ2) is 18.3. The summed E-state index contributed by atoms with van der Waals surface area (Å²) in [5.41, 5.74) is 0.357. The van der Waals surface area contributed by atoms with Crippen LogP contribution in [0.3, 0.4) is 0 Å². The van der Waals surface area contributed by atoms with Gasteiger partial charge in [0.2, 0.25) is 0 Å². The minimum atomic E-state index is -1.21. The Labute approximate surface area is 224 Å². The predicted octanol–water partition coefficient (Wildman–Crippen LogP) is 7.21. The van der Waals surface area contributed by atoms with Crippen molar-refractivity contribution in [1.29, 1.82) is 0 Å². The summed E-state index contributed by atoms with van der Waals surface area (Å²) in [6, 6.07) is 18.6. The molecule has 0 saturated heterocycles. The maximum absolute atomic E-state index is 13.1. The zero-order valence-corrected chi connectivity index (χ0v) is 23.0. The van der Waals surface area contributed by atoms with Gasteiger partial charge in [0.1, 0.15) is 0 Å². The highest BCUT2D eigenvalue weighted by Gasteiger charge is 2.37. The molecular weight excluding hydrogens is 460 g/mol. The maximum Gasteiger partial charge on any atom is 0.317 e. The Hall–Kier alpha value is -3.02. The summed E-state index contributed by atoms with van der Waals surface area (Å²) in [5, 5.41) is 12.2. The first-order chi connectivity index (χ1) is 18.1. The fourth-order valence-corrected chi connectivity index (χ4v) is 4.51. The Morgan fingerprint density at radius 1 is 0.541 bits per heavy atom. The van der Waals surface area contributed by atoms with Gasteiger partial charge in [-0.15, -0.1) is 0 Å². The molecule has 6 heteroatoms. The highest BCUT2D eigenvalue weighted by Crippen LogP contribution is 2.27.